The molecule has 0 spiro atoms. The van der Waals surface area contributed by atoms with Gasteiger partial charge in [-0.15, -0.1) is 0 Å². The second kappa shape index (κ2) is 6.74. The second-order valence-electron chi connectivity index (χ2n) is 7.74. The van der Waals surface area contributed by atoms with Gasteiger partial charge in [-0.05, 0) is 61.7 Å². The summed E-state index contributed by atoms with van der Waals surface area (Å²) in [5, 5.41) is 9.74. The van der Waals surface area contributed by atoms with Crippen LogP contribution in [-0.4, -0.2) is 23.3 Å². The molecular formula is C19H29O3. The van der Waals surface area contributed by atoms with Crippen LogP contribution in [0.1, 0.15) is 52.4 Å². The smallest absolute Gasteiger partial charge is 0.308 e. The zero-order valence-corrected chi connectivity index (χ0v) is 13.8. The Morgan fingerprint density at radius 1 is 1.23 bits per heavy atom. The lowest BCUT2D eigenvalue weighted by Crippen LogP contribution is -2.37. The lowest BCUT2D eigenvalue weighted by atomic mass is 9.62. The van der Waals surface area contributed by atoms with E-state index in [4.69, 9.17) is 4.74 Å². The van der Waals surface area contributed by atoms with Gasteiger partial charge >= 0.3 is 5.97 Å². The molecule has 3 aliphatic rings. The number of hydrogen-bond donors (Lipinski definition) is 1. The molecule has 2 aliphatic carbocycles. The van der Waals surface area contributed by atoms with Crippen LogP contribution in [-0.2, 0) is 9.53 Å². The minimum Gasteiger partial charge on any atom is -0.462 e. The Labute approximate surface area is 134 Å². The minimum atomic E-state index is -0.509. The maximum atomic E-state index is 11.5. The molecule has 7 atom stereocenters. The number of carbonyl (C=O) groups is 1. The Kier molecular flexibility index (Phi) is 4.91. The molecule has 3 heteroatoms. The Hall–Kier alpha value is -0.830. The summed E-state index contributed by atoms with van der Waals surface area (Å²) >= 11 is 0. The van der Waals surface area contributed by atoms with Crippen molar-refractivity contribution in [1.82, 2.24) is 0 Å². The number of ether oxygens (including phenoxy) is 1. The van der Waals surface area contributed by atoms with Crippen LogP contribution >= 0.6 is 0 Å². The quantitative estimate of drug-likeness (QED) is 0.641. The summed E-state index contributed by atoms with van der Waals surface area (Å²) in [5.41, 5.74) is 0. The minimum absolute atomic E-state index is 0.0877. The topological polar surface area (TPSA) is 46.5 Å². The number of allylic oxidation sites excluding steroid dienone is 2. The Morgan fingerprint density at radius 3 is 2.82 bits per heavy atom. The first-order valence-corrected chi connectivity index (χ1v) is 8.92. The first kappa shape index (κ1) is 16.0. The van der Waals surface area contributed by atoms with Crippen LogP contribution in [0.2, 0.25) is 0 Å². The van der Waals surface area contributed by atoms with E-state index in [1.54, 1.807) is 0 Å². The Bertz CT molecular complexity index is 430. The molecule has 1 radical (unpaired) electrons. The number of rotatable bonds is 3. The molecule has 0 amide bonds. The van der Waals surface area contributed by atoms with Crippen molar-refractivity contribution in [2.75, 3.05) is 0 Å². The van der Waals surface area contributed by atoms with Crippen LogP contribution in [0.3, 0.4) is 0 Å². The standard InChI is InChI=1S/C19H29O3/c1-12-3-7-18-14(9-12)5-4-13(2)17(18)8-6-16-10-15(20)11-19(21)22-16/h4-5,7,12-18,20H,3,6,8-11H2,1-2H3. The molecule has 123 valence electrons. The monoisotopic (exact) mass is 305 g/mol. The van der Waals surface area contributed by atoms with Gasteiger partial charge in [-0.25, -0.2) is 0 Å². The van der Waals surface area contributed by atoms with Gasteiger partial charge in [-0.3, -0.25) is 4.79 Å². The van der Waals surface area contributed by atoms with Crippen molar-refractivity contribution in [3.8, 4) is 0 Å². The predicted octanol–water partition coefficient (Wildman–Crippen LogP) is 3.52. The highest BCUT2D eigenvalue weighted by atomic mass is 16.5. The van der Waals surface area contributed by atoms with Gasteiger partial charge in [0.15, 0.2) is 0 Å². The zero-order valence-electron chi connectivity index (χ0n) is 13.8. The molecule has 7 unspecified atom stereocenters. The first-order chi connectivity index (χ1) is 10.5. The molecule has 0 aromatic heterocycles. The van der Waals surface area contributed by atoms with Crippen LogP contribution in [0.4, 0.5) is 0 Å². The number of aliphatic hydroxyl groups excluding tert-OH is 1. The van der Waals surface area contributed by atoms with E-state index in [0.717, 1.165) is 18.8 Å². The van der Waals surface area contributed by atoms with Crippen molar-refractivity contribution >= 4 is 5.97 Å². The molecule has 1 aliphatic heterocycles. The van der Waals surface area contributed by atoms with Crippen LogP contribution < -0.4 is 0 Å². The van der Waals surface area contributed by atoms with E-state index >= 15 is 0 Å². The normalized spacial score (nSPS) is 45.2. The molecule has 1 saturated carbocycles. The third-order valence-corrected chi connectivity index (χ3v) is 5.87. The predicted molar refractivity (Wildman–Crippen MR) is 85.8 cm³/mol. The van der Waals surface area contributed by atoms with Crippen molar-refractivity contribution in [1.29, 1.82) is 0 Å². The van der Waals surface area contributed by atoms with Crippen molar-refractivity contribution in [2.24, 2.45) is 29.6 Å². The maximum Gasteiger partial charge on any atom is 0.308 e. The fraction of sp³-hybridized carbons (Fsp3) is 0.789. The van der Waals surface area contributed by atoms with E-state index < -0.39 is 6.10 Å². The van der Waals surface area contributed by atoms with Gasteiger partial charge in [0.25, 0.3) is 0 Å². The Balaban J connectivity index is 1.59. The fourth-order valence-electron chi connectivity index (χ4n) is 4.66. The lowest BCUT2D eigenvalue weighted by molar-refractivity contribution is -0.160. The molecule has 22 heavy (non-hydrogen) atoms. The van der Waals surface area contributed by atoms with Crippen molar-refractivity contribution in [3.63, 3.8) is 0 Å². The van der Waals surface area contributed by atoms with E-state index in [1.807, 2.05) is 0 Å². The van der Waals surface area contributed by atoms with Crippen LogP contribution in [0.25, 0.3) is 0 Å². The van der Waals surface area contributed by atoms with Crippen molar-refractivity contribution in [3.05, 3.63) is 18.6 Å². The third-order valence-electron chi connectivity index (χ3n) is 5.87. The number of hydrogen-bond acceptors (Lipinski definition) is 3. The fourth-order valence-corrected chi connectivity index (χ4v) is 4.66. The summed E-state index contributed by atoms with van der Waals surface area (Å²) in [5.74, 6) is 3.19. The van der Waals surface area contributed by atoms with Gasteiger partial charge in [0.2, 0.25) is 0 Å². The van der Waals surface area contributed by atoms with E-state index in [2.05, 4.69) is 32.4 Å². The van der Waals surface area contributed by atoms with E-state index in [1.165, 1.54) is 12.8 Å². The summed E-state index contributed by atoms with van der Waals surface area (Å²) < 4.78 is 5.41. The van der Waals surface area contributed by atoms with Crippen LogP contribution in [0.5, 0.6) is 0 Å². The summed E-state index contributed by atoms with van der Waals surface area (Å²) in [6.45, 7) is 4.65. The average Bonchev–Trinajstić information content (AvgIpc) is 2.45. The highest BCUT2D eigenvalue weighted by molar-refractivity contribution is 5.70. The average molecular weight is 305 g/mol. The number of aliphatic hydroxyl groups is 1. The van der Waals surface area contributed by atoms with E-state index in [-0.39, 0.29) is 18.5 Å². The molecule has 0 aromatic carbocycles. The van der Waals surface area contributed by atoms with Crippen molar-refractivity contribution < 1.29 is 14.6 Å². The molecule has 1 N–H and O–H groups in total. The summed E-state index contributed by atoms with van der Waals surface area (Å²) in [4.78, 5) is 11.5. The molecule has 0 aromatic rings. The SMILES string of the molecule is CC1C[CH]C2C(C=CC(C)C2CCC2CC(O)CC(=O)O2)C1. The maximum absolute atomic E-state index is 11.5. The number of cyclic esters (lactones) is 1. The van der Waals surface area contributed by atoms with Gasteiger partial charge in [-0.1, -0.05) is 26.0 Å². The lowest BCUT2D eigenvalue weighted by Gasteiger charge is -2.43. The Morgan fingerprint density at radius 2 is 2.05 bits per heavy atom. The number of esters is 1. The molecule has 1 heterocycles. The highest BCUT2D eigenvalue weighted by Crippen LogP contribution is 2.46. The molecule has 3 rings (SSSR count). The van der Waals surface area contributed by atoms with E-state index in [0.29, 0.717) is 30.1 Å². The molecular weight excluding hydrogens is 276 g/mol. The van der Waals surface area contributed by atoms with Gasteiger partial charge in [0.1, 0.15) is 6.10 Å². The van der Waals surface area contributed by atoms with Crippen molar-refractivity contribution in [2.45, 2.75) is 64.6 Å². The van der Waals surface area contributed by atoms with Crippen LogP contribution in [0.15, 0.2) is 12.2 Å². The molecule has 1 saturated heterocycles. The van der Waals surface area contributed by atoms with Gasteiger partial charge in [0.05, 0.1) is 12.5 Å². The van der Waals surface area contributed by atoms with Gasteiger partial charge in [0, 0.05) is 6.42 Å². The molecule has 3 nitrogen and oxygen atoms in total. The first-order valence-electron chi connectivity index (χ1n) is 8.92. The molecule has 2 fully saturated rings. The van der Waals surface area contributed by atoms with E-state index in [9.17, 15) is 9.90 Å². The summed E-state index contributed by atoms with van der Waals surface area (Å²) in [6, 6.07) is 0. The largest absolute Gasteiger partial charge is 0.462 e. The van der Waals surface area contributed by atoms with Gasteiger partial charge < -0.3 is 9.84 Å². The second-order valence-corrected chi connectivity index (χ2v) is 7.74. The highest BCUT2D eigenvalue weighted by Gasteiger charge is 2.38. The molecule has 0 bridgehead atoms. The number of carbonyl (C=O) groups excluding carboxylic acids is 1. The zero-order chi connectivity index (χ0) is 15.7. The summed E-state index contributed by atoms with van der Waals surface area (Å²) in [6.07, 6.45) is 12.0. The van der Waals surface area contributed by atoms with Gasteiger partial charge in [-0.2, -0.15) is 0 Å². The third kappa shape index (κ3) is 3.56. The van der Waals surface area contributed by atoms with Crippen LogP contribution in [0, 0.1) is 36.0 Å². The number of fused-ring (bicyclic) bond motifs is 1. The summed E-state index contributed by atoms with van der Waals surface area (Å²) in [7, 11) is 0.